The van der Waals surface area contributed by atoms with E-state index in [0.717, 1.165) is 44.5 Å². The Labute approximate surface area is 182 Å². The molecule has 3 atom stereocenters. The summed E-state index contributed by atoms with van der Waals surface area (Å²) in [5.74, 6) is 0.567. The molecule has 31 heavy (non-hydrogen) atoms. The predicted molar refractivity (Wildman–Crippen MR) is 113 cm³/mol. The summed E-state index contributed by atoms with van der Waals surface area (Å²) in [6, 6.07) is 0.646. The standard InChI is InChI=1S/C22H31N5O4/c1-4-30-19-18(11-25-21(26-19)31-5-2)22(28)16-7-6-8-17(22)14-27(13-16)12-15-9-23-20(29-3)24-10-15/h9-11,16-17,28H,4-8,12-14H2,1-3H3/t16-,17+,22?. The van der Waals surface area contributed by atoms with E-state index in [1.807, 2.05) is 13.8 Å². The fourth-order valence-electron chi connectivity index (χ4n) is 4.97. The predicted octanol–water partition coefficient (Wildman–Crippen LogP) is 2.19. The van der Waals surface area contributed by atoms with Gasteiger partial charge < -0.3 is 19.3 Å². The fraction of sp³-hybridized carbons (Fsp3) is 0.636. The Morgan fingerprint density at radius 1 is 1.00 bits per heavy atom. The van der Waals surface area contributed by atoms with Gasteiger partial charge in [-0.15, -0.1) is 0 Å². The first-order chi connectivity index (χ1) is 15.1. The number of aromatic nitrogens is 4. The Morgan fingerprint density at radius 3 is 2.26 bits per heavy atom. The third-order valence-corrected chi connectivity index (χ3v) is 6.30. The van der Waals surface area contributed by atoms with Crippen LogP contribution >= 0.6 is 0 Å². The van der Waals surface area contributed by atoms with Crippen molar-refractivity contribution in [3.8, 4) is 17.9 Å². The van der Waals surface area contributed by atoms with Gasteiger partial charge in [-0.3, -0.25) is 4.90 Å². The van der Waals surface area contributed by atoms with Crippen LogP contribution in [0.3, 0.4) is 0 Å². The molecule has 9 nitrogen and oxygen atoms in total. The summed E-state index contributed by atoms with van der Waals surface area (Å²) in [5.41, 5.74) is 0.698. The average Bonchev–Trinajstić information content (AvgIpc) is 2.76. The second-order valence-corrected chi connectivity index (χ2v) is 8.16. The first kappa shape index (κ1) is 21.7. The van der Waals surface area contributed by atoms with Crippen molar-refractivity contribution in [3.05, 3.63) is 29.7 Å². The number of rotatable bonds is 8. The van der Waals surface area contributed by atoms with Crippen LogP contribution in [0.25, 0.3) is 0 Å². The van der Waals surface area contributed by atoms with Gasteiger partial charge in [0.2, 0.25) is 5.88 Å². The maximum Gasteiger partial charge on any atom is 0.319 e. The van der Waals surface area contributed by atoms with Crippen LogP contribution in [0, 0.1) is 11.8 Å². The minimum atomic E-state index is -1.01. The van der Waals surface area contributed by atoms with E-state index < -0.39 is 5.60 Å². The lowest BCUT2D eigenvalue weighted by Gasteiger charge is -2.53. The quantitative estimate of drug-likeness (QED) is 0.676. The highest BCUT2D eigenvalue weighted by Crippen LogP contribution is 2.51. The molecule has 1 unspecified atom stereocenters. The summed E-state index contributed by atoms with van der Waals surface area (Å²) in [5, 5.41) is 12.0. The Hall–Kier alpha value is -2.52. The highest BCUT2D eigenvalue weighted by atomic mass is 16.5. The van der Waals surface area contributed by atoms with E-state index in [9.17, 15) is 5.11 Å². The summed E-state index contributed by atoms with van der Waals surface area (Å²) in [4.78, 5) is 19.6. The molecule has 2 aliphatic rings. The van der Waals surface area contributed by atoms with Gasteiger partial charge in [0.15, 0.2) is 0 Å². The van der Waals surface area contributed by atoms with E-state index in [4.69, 9.17) is 14.2 Å². The van der Waals surface area contributed by atoms with Crippen molar-refractivity contribution in [1.29, 1.82) is 0 Å². The van der Waals surface area contributed by atoms with Crippen LogP contribution in [0.5, 0.6) is 17.9 Å². The second kappa shape index (κ2) is 9.32. The van der Waals surface area contributed by atoms with Crippen LogP contribution in [0.4, 0.5) is 0 Å². The van der Waals surface area contributed by atoms with Gasteiger partial charge in [-0.2, -0.15) is 4.98 Å². The van der Waals surface area contributed by atoms with Crippen molar-refractivity contribution in [2.24, 2.45) is 11.8 Å². The molecular weight excluding hydrogens is 398 g/mol. The number of methoxy groups -OCH3 is 1. The van der Waals surface area contributed by atoms with Gasteiger partial charge in [0, 0.05) is 55.6 Å². The molecule has 2 aromatic rings. The van der Waals surface area contributed by atoms with E-state index in [1.54, 1.807) is 25.7 Å². The van der Waals surface area contributed by atoms with E-state index in [-0.39, 0.29) is 17.8 Å². The molecule has 1 saturated heterocycles. The summed E-state index contributed by atoms with van der Waals surface area (Å²) < 4.78 is 16.3. The van der Waals surface area contributed by atoms with Gasteiger partial charge in [0.1, 0.15) is 5.60 Å². The molecule has 2 fully saturated rings. The van der Waals surface area contributed by atoms with Crippen LogP contribution in [-0.4, -0.2) is 63.4 Å². The van der Waals surface area contributed by atoms with Crippen LogP contribution in [0.2, 0.25) is 0 Å². The summed E-state index contributed by atoms with van der Waals surface area (Å²) in [6.45, 7) is 7.03. The summed E-state index contributed by atoms with van der Waals surface area (Å²) in [7, 11) is 1.56. The first-order valence-electron chi connectivity index (χ1n) is 11.0. The SMILES string of the molecule is CCOc1ncc(C2(O)[C@@H]3CCC[C@H]2CN(Cc2cnc(OC)nc2)C3)c(OCC)n1. The van der Waals surface area contributed by atoms with Crippen molar-refractivity contribution in [1.82, 2.24) is 24.8 Å². The zero-order valence-corrected chi connectivity index (χ0v) is 18.5. The lowest BCUT2D eigenvalue weighted by molar-refractivity contribution is -0.150. The summed E-state index contributed by atoms with van der Waals surface area (Å²) in [6.07, 6.45) is 8.30. The van der Waals surface area contributed by atoms with E-state index >= 15 is 0 Å². The molecule has 9 heteroatoms. The topological polar surface area (TPSA) is 103 Å². The van der Waals surface area contributed by atoms with Crippen molar-refractivity contribution < 1.29 is 19.3 Å². The molecule has 168 valence electrons. The molecule has 4 rings (SSSR count). The zero-order chi connectivity index (χ0) is 21.8. The van der Waals surface area contributed by atoms with Crippen molar-refractivity contribution >= 4 is 0 Å². The maximum atomic E-state index is 12.0. The van der Waals surface area contributed by atoms with Gasteiger partial charge in [-0.05, 0) is 26.7 Å². The summed E-state index contributed by atoms with van der Waals surface area (Å²) >= 11 is 0. The molecule has 3 heterocycles. The number of piperidine rings is 1. The lowest BCUT2D eigenvalue weighted by atomic mass is 9.63. The van der Waals surface area contributed by atoms with E-state index in [1.165, 1.54) is 0 Å². The van der Waals surface area contributed by atoms with Gasteiger partial charge in [-0.25, -0.2) is 15.0 Å². The van der Waals surface area contributed by atoms with Gasteiger partial charge in [0.25, 0.3) is 0 Å². The third-order valence-electron chi connectivity index (χ3n) is 6.30. The molecule has 0 spiro atoms. The Morgan fingerprint density at radius 2 is 1.65 bits per heavy atom. The number of hydrogen-bond acceptors (Lipinski definition) is 9. The number of fused-ring (bicyclic) bond motifs is 2. The first-order valence-corrected chi connectivity index (χ1v) is 11.0. The minimum absolute atomic E-state index is 0.0694. The number of nitrogens with zero attached hydrogens (tertiary/aromatic N) is 5. The third kappa shape index (κ3) is 4.29. The highest BCUT2D eigenvalue weighted by molar-refractivity contribution is 5.34. The van der Waals surface area contributed by atoms with E-state index in [0.29, 0.717) is 30.7 Å². The van der Waals surface area contributed by atoms with Crippen molar-refractivity contribution in [2.75, 3.05) is 33.4 Å². The largest absolute Gasteiger partial charge is 0.478 e. The van der Waals surface area contributed by atoms with E-state index in [2.05, 4.69) is 24.8 Å². The van der Waals surface area contributed by atoms with Crippen LogP contribution in [0.1, 0.15) is 44.2 Å². The minimum Gasteiger partial charge on any atom is -0.478 e. The molecule has 1 N–H and O–H groups in total. The monoisotopic (exact) mass is 429 g/mol. The van der Waals surface area contributed by atoms with Gasteiger partial charge >= 0.3 is 12.0 Å². The number of hydrogen-bond donors (Lipinski definition) is 1. The number of aliphatic hydroxyl groups is 1. The van der Waals surface area contributed by atoms with Gasteiger partial charge in [0.05, 0.1) is 25.9 Å². The molecule has 2 aromatic heterocycles. The van der Waals surface area contributed by atoms with Crippen LogP contribution < -0.4 is 14.2 Å². The smallest absolute Gasteiger partial charge is 0.319 e. The maximum absolute atomic E-state index is 12.0. The van der Waals surface area contributed by atoms with Crippen LogP contribution in [-0.2, 0) is 12.1 Å². The molecule has 1 saturated carbocycles. The van der Waals surface area contributed by atoms with Crippen LogP contribution in [0.15, 0.2) is 18.6 Å². The number of likely N-dealkylation sites (tertiary alicyclic amines) is 1. The number of ether oxygens (including phenoxy) is 3. The average molecular weight is 430 g/mol. The lowest BCUT2D eigenvalue weighted by Crippen LogP contribution is -2.58. The fourth-order valence-corrected chi connectivity index (χ4v) is 4.97. The Bertz CT molecular complexity index is 865. The van der Waals surface area contributed by atoms with Gasteiger partial charge in [-0.1, -0.05) is 6.42 Å². The molecular formula is C22H31N5O4. The zero-order valence-electron chi connectivity index (χ0n) is 18.5. The second-order valence-electron chi connectivity index (χ2n) is 8.16. The molecule has 1 aliphatic carbocycles. The molecule has 2 bridgehead atoms. The molecule has 0 aromatic carbocycles. The molecule has 1 aliphatic heterocycles. The highest BCUT2D eigenvalue weighted by Gasteiger charge is 2.53. The Balaban J connectivity index is 1.58. The molecule has 0 radical (unpaired) electrons. The molecule has 0 amide bonds. The normalized spacial score (nSPS) is 25.8. The van der Waals surface area contributed by atoms with Crippen molar-refractivity contribution in [2.45, 2.75) is 45.3 Å². The Kier molecular flexibility index (Phi) is 6.52. The van der Waals surface area contributed by atoms with Crippen molar-refractivity contribution in [3.63, 3.8) is 0 Å².